The molecule has 7 heterocycles. The summed E-state index contributed by atoms with van der Waals surface area (Å²) in [4.78, 5) is 10.6. The fraction of sp³-hybridized carbons (Fsp3) is 0. The predicted octanol–water partition coefficient (Wildman–Crippen LogP) is 10.0. The van der Waals surface area contributed by atoms with Crippen LogP contribution in [-0.4, -0.2) is 30.2 Å². The molecule has 5 aromatic heterocycles. The van der Waals surface area contributed by atoms with E-state index in [0.29, 0.717) is 0 Å². The number of nitrogens with zero attached hydrogens (tertiary/aromatic N) is 5. The number of aromatic nitrogens is 5. The lowest BCUT2D eigenvalue weighted by Gasteiger charge is -2.33. The van der Waals surface area contributed by atoms with Gasteiger partial charge in [-0.15, -0.1) is 11.3 Å². The van der Waals surface area contributed by atoms with E-state index in [1.807, 2.05) is 18.3 Å². The SMILES string of the molecule is c1ccc2c(c1)Oc1cc(-n3c4ccccc4n4c5ccc6c7ccnc(-n8c9ccccc9c9ccccc98)c7sc6c5nc34)cc3c1B2c1ccccc1O3. The lowest BCUT2D eigenvalue weighted by atomic mass is 9.35. The second-order valence-electron chi connectivity index (χ2n) is 14.9. The molecule has 264 valence electrons. The van der Waals surface area contributed by atoms with Crippen LogP contribution in [0.15, 0.2) is 158 Å². The zero-order chi connectivity index (χ0) is 36.9. The van der Waals surface area contributed by atoms with Gasteiger partial charge < -0.3 is 9.47 Å². The average Bonchev–Trinajstić information content (AvgIpc) is 4.00. The minimum atomic E-state index is 0.0116. The van der Waals surface area contributed by atoms with Crippen molar-refractivity contribution < 1.29 is 9.47 Å². The molecule has 2 aliphatic rings. The first-order valence-electron chi connectivity index (χ1n) is 19.1. The van der Waals surface area contributed by atoms with Crippen molar-refractivity contribution in [3.05, 3.63) is 158 Å². The summed E-state index contributed by atoms with van der Waals surface area (Å²) in [6, 6.07) is 53.4. The van der Waals surface area contributed by atoms with E-state index in [4.69, 9.17) is 19.4 Å². The molecule has 7 nitrogen and oxygen atoms in total. The average molecular weight is 748 g/mol. The molecule has 0 radical (unpaired) electrons. The largest absolute Gasteiger partial charge is 0.458 e. The van der Waals surface area contributed by atoms with Crippen LogP contribution in [0.25, 0.3) is 81.3 Å². The van der Waals surface area contributed by atoms with Gasteiger partial charge >= 0.3 is 0 Å². The number of fused-ring (bicyclic) bond motifs is 16. The maximum Gasteiger partial charge on any atom is 0.260 e. The van der Waals surface area contributed by atoms with Crippen LogP contribution in [0.1, 0.15) is 0 Å². The summed E-state index contributed by atoms with van der Waals surface area (Å²) in [7, 11) is 0. The summed E-state index contributed by atoms with van der Waals surface area (Å²) in [6.07, 6.45) is 1.94. The number of benzene rings is 7. The zero-order valence-electron chi connectivity index (χ0n) is 30.0. The van der Waals surface area contributed by atoms with Crippen molar-refractivity contribution in [3.63, 3.8) is 0 Å². The van der Waals surface area contributed by atoms with Crippen LogP contribution >= 0.6 is 11.3 Å². The molecule has 7 aromatic carbocycles. The fourth-order valence-corrected chi connectivity index (χ4v) is 10.9. The van der Waals surface area contributed by atoms with Crippen molar-refractivity contribution in [2.45, 2.75) is 0 Å². The molecule has 14 rings (SSSR count). The molecular weight excluding hydrogens is 721 g/mol. The molecule has 2 aliphatic heterocycles. The third kappa shape index (κ3) is 3.81. The van der Waals surface area contributed by atoms with E-state index in [1.54, 1.807) is 11.3 Å². The van der Waals surface area contributed by atoms with Crippen molar-refractivity contribution in [3.8, 4) is 34.5 Å². The Morgan fingerprint density at radius 3 is 1.79 bits per heavy atom. The first-order valence-corrected chi connectivity index (χ1v) is 19.9. The van der Waals surface area contributed by atoms with Gasteiger partial charge in [0.15, 0.2) is 5.82 Å². The third-order valence-corrected chi connectivity index (χ3v) is 13.3. The normalized spacial score (nSPS) is 13.2. The smallest absolute Gasteiger partial charge is 0.260 e. The minimum absolute atomic E-state index is 0.0116. The van der Waals surface area contributed by atoms with E-state index in [9.17, 15) is 0 Å². The van der Waals surface area contributed by atoms with Gasteiger partial charge in [0.05, 0.1) is 42.7 Å². The van der Waals surface area contributed by atoms with Crippen LogP contribution in [-0.2, 0) is 0 Å². The summed E-state index contributed by atoms with van der Waals surface area (Å²) in [5.41, 5.74) is 10.7. The van der Waals surface area contributed by atoms with E-state index in [-0.39, 0.29) is 6.71 Å². The van der Waals surface area contributed by atoms with Gasteiger partial charge in [-0.05, 0) is 59.5 Å². The Labute approximate surface area is 328 Å². The summed E-state index contributed by atoms with van der Waals surface area (Å²) in [5, 5.41) is 4.78. The Morgan fingerprint density at radius 2 is 1.09 bits per heavy atom. The van der Waals surface area contributed by atoms with E-state index in [2.05, 4.69) is 153 Å². The van der Waals surface area contributed by atoms with Gasteiger partial charge in [0.2, 0.25) is 5.78 Å². The Balaban J connectivity index is 1.03. The van der Waals surface area contributed by atoms with E-state index in [0.717, 1.165) is 99.2 Å². The second-order valence-corrected chi connectivity index (χ2v) is 16.0. The van der Waals surface area contributed by atoms with Gasteiger partial charge in [-0.2, -0.15) is 0 Å². The molecule has 0 fully saturated rings. The van der Waals surface area contributed by atoms with Gasteiger partial charge in [-0.1, -0.05) is 91.0 Å². The Hall–Kier alpha value is -7.36. The lowest BCUT2D eigenvalue weighted by molar-refractivity contribution is 0.464. The molecule has 0 saturated carbocycles. The number of ether oxygens (including phenoxy) is 2. The van der Waals surface area contributed by atoms with Crippen molar-refractivity contribution in [1.29, 1.82) is 0 Å². The van der Waals surface area contributed by atoms with E-state index in [1.165, 1.54) is 21.5 Å². The maximum atomic E-state index is 6.72. The van der Waals surface area contributed by atoms with Crippen LogP contribution in [0.3, 0.4) is 0 Å². The first kappa shape index (κ1) is 29.9. The van der Waals surface area contributed by atoms with Crippen molar-refractivity contribution in [2.75, 3.05) is 0 Å². The maximum absolute atomic E-state index is 6.72. The lowest BCUT2D eigenvalue weighted by Crippen LogP contribution is -2.57. The molecule has 57 heavy (non-hydrogen) atoms. The number of hydrogen-bond acceptors (Lipinski definition) is 5. The van der Waals surface area contributed by atoms with Gasteiger partial charge in [0.1, 0.15) is 28.5 Å². The van der Waals surface area contributed by atoms with Crippen LogP contribution in [0.4, 0.5) is 0 Å². The molecular formula is C48H26BN5O2S. The molecule has 0 bridgehead atoms. The van der Waals surface area contributed by atoms with Crippen LogP contribution < -0.4 is 25.9 Å². The Kier molecular flexibility index (Phi) is 5.61. The number of para-hydroxylation sites is 6. The third-order valence-electron chi connectivity index (χ3n) is 12.0. The number of hydrogen-bond donors (Lipinski definition) is 0. The van der Waals surface area contributed by atoms with Crippen LogP contribution in [0, 0.1) is 0 Å². The van der Waals surface area contributed by atoms with E-state index < -0.39 is 0 Å². The van der Waals surface area contributed by atoms with Crippen LogP contribution in [0.2, 0.25) is 0 Å². The molecule has 0 atom stereocenters. The summed E-state index contributed by atoms with van der Waals surface area (Å²) in [6.45, 7) is 0.0116. The quantitative estimate of drug-likeness (QED) is 0.165. The predicted molar refractivity (Wildman–Crippen MR) is 232 cm³/mol. The highest BCUT2D eigenvalue weighted by Crippen LogP contribution is 2.44. The molecule has 0 aliphatic carbocycles. The minimum Gasteiger partial charge on any atom is -0.458 e. The molecule has 0 amide bonds. The molecule has 0 spiro atoms. The number of imidazole rings is 2. The van der Waals surface area contributed by atoms with Crippen molar-refractivity contribution >= 4 is 104 Å². The summed E-state index contributed by atoms with van der Waals surface area (Å²) >= 11 is 1.77. The standard InChI is InChI=1S/C48H26BN5O2S/c1-5-15-34-28(11-1)29-12-2-6-16-35(29)53(34)47-46-31(23-24-50-47)30-21-22-38-44(45(30)57-46)51-48-52(36-17-7-8-18-37(36)54(38)48)27-25-41-43-42(26-27)56-40-20-10-4-14-33(40)49(43)32-13-3-9-19-39(32)55-41/h1-26H. The highest BCUT2D eigenvalue weighted by Gasteiger charge is 2.40. The van der Waals surface area contributed by atoms with Crippen molar-refractivity contribution in [1.82, 2.24) is 23.5 Å². The fourth-order valence-electron chi connectivity index (χ4n) is 9.69. The van der Waals surface area contributed by atoms with E-state index >= 15 is 0 Å². The Morgan fingerprint density at radius 1 is 0.491 bits per heavy atom. The summed E-state index contributed by atoms with van der Waals surface area (Å²) < 4.78 is 22.6. The second kappa shape index (κ2) is 10.7. The molecule has 9 heteroatoms. The number of pyridine rings is 1. The molecule has 0 saturated heterocycles. The molecule has 12 aromatic rings. The monoisotopic (exact) mass is 747 g/mol. The highest BCUT2D eigenvalue weighted by atomic mass is 32.1. The van der Waals surface area contributed by atoms with Gasteiger partial charge in [-0.3, -0.25) is 13.5 Å². The Bertz CT molecular complexity index is 3620. The zero-order valence-corrected chi connectivity index (χ0v) is 30.9. The topological polar surface area (TPSA) is 58.5 Å². The van der Waals surface area contributed by atoms with Gasteiger partial charge in [-0.25, -0.2) is 9.97 Å². The number of thiophene rings is 1. The molecule has 0 N–H and O–H groups in total. The molecule has 0 unspecified atom stereocenters. The number of rotatable bonds is 2. The first-order chi connectivity index (χ1) is 28.3. The summed E-state index contributed by atoms with van der Waals surface area (Å²) in [5.74, 6) is 5.08. The van der Waals surface area contributed by atoms with Gasteiger partial charge in [0, 0.05) is 45.3 Å². The van der Waals surface area contributed by atoms with Gasteiger partial charge in [0.25, 0.3) is 6.71 Å². The highest BCUT2D eigenvalue weighted by molar-refractivity contribution is 7.27. The van der Waals surface area contributed by atoms with Crippen LogP contribution in [0.5, 0.6) is 23.0 Å². The van der Waals surface area contributed by atoms with Crippen molar-refractivity contribution in [2.24, 2.45) is 0 Å².